The van der Waals surface area contributed by atoms with E-state index in [0.29, 0.717) is 13.0 Å². The SMILES string of the molecule is Cc1ccc(SC2CC(O)C(c3ccccc3C(F)(F)F)CN2)c(C)c1. The van der Waals surface area contributed by atoms with Crippen molar-refractivity contribution in [1.82, 2.24) is 5.32 Å². The molecule has 1 aliphatic heterocycles. The van der Waals surface area contributed by atoms with Crippen LogP contribution in [0.15, 0.2) is 47.4 Å². The van der Waals surface area contributed by atoms with E-state index < -0.39 is 23.8 Å². The molecule has 0 bridgehead atoms. The molecule has 0 aliphatic carbocycles. The Morgan fingerprint density at radius 2 is 1.85 bits per heavy atom. The summed E-state index contributed by atoms with van der Waals surface area (Å²) in [5.74, 6) is -0.566. The van der Waals surface area contributed by atoms with Gasteiger partial charge in [0.1, 0.15) is 0 Å². The highest BCUT2D eigenvalue weighted by molar-refractivity contribution is 8.00. The topological polar surface area (TPSA) is 32.3 Å². The number of nitrogens with one attached hydrogen (secondary N) is 1. The van der Waals surface area contributed by atoms with Crippen LogP contribution in [0.4, 0.5) is 13.2 Å². The van der Waals surface area contributed by atoms with Crippen LogP contribution >= 0.6 is 11.8 Å². The number of aryl methyl sites for hydroxylation is 2. The minimum atomic E-state index is -4.42. The lowest BCUT2D eigenvalue weighted by molar-refractivity contribution is -0.138. The molecule has 2 aromatic rings. The standard InChI is InChI=1S/C20H22F3NOS/c1-12-7-8-18(13(2)9-12)26-19-10-17(25)15(11-24-19)14-5-3-4-6-16(14)20(21,22)23/h3-9,15,17,19,24-25H,10-11H2,1-2H3. The number of benzene rings is 2. The molecular weight excluding hydrogens is 359 g/mol. The number of thioether (sulfide) groups is 1. The first-order valence-electron chi connectivity index (χ1n) is 8.57. The maximum Gasteiger partial charge on any atom is 0.416 e. The normalized spacial score (nSPS) is 23.8. The summed E-state index contributed by atoms with van der Waals surface area (Å²) in [6, 6.07) is 11.7. The van der Waals surface area contributed by atoms with Gasteiger partial charge in [-0.3, -0.25) is 0 Å². The maximum atomic E-state index is 13.3. The quantitative estimate of drug-likeness (QED) is 0.795. The molecule has 1 fully saturated rings. The molecular formula is C20H22F3NOS. The van der Waals surface area contributed by atoms with Crippen LogP contribution in [0.1, 0.15) is 34.6 Å². The second-order valence-electron chi connectivity index (χ2n) is 6.78. The number of aliphatic hydroxyl groups is 1. The van der Waals surface area contributed by atoms with Crippen LogP contribution in [0, 0.1) is 13.8 Å². The molecule has 3 unspecified atom stereocenters. The van der Waals surface area contributed by atoms with E-state index in [1.54, 1.807) is 17.8 Å². The van der Waals surface area contributed by atoms with E-state index in [0.717, 1.165) is 16.5 Å². The first-order valence-corrected chi connectivity index (χ1v) is 9.45. The lowest BCUT2D eigenvalue weighted by atomic mass is 9.86. The molecule has 1 aliphatic rings. The molecule has 0 saturated carbocycles. The number of hydrogen-bond acceptors (Lipinski definition) is 3. The second kappa shape index (κ2) is 7.62. The molecule has 2 N–H and O–H groups in total. The zero-order chi connectivity index (χ0) is 18.9. The molecule has 1 heterocycles. The highest BCUT2D eigenvalue weighted by Gasteiger charge is 2.38. The number of alkyl halides is 3. The molecule has 3 rings (SSSR count). The lowest BCUT2D eigenvalue weighted by Crippen LogP contribution is -2.44. The van der Waals surface area contributed by atoms with Crippen LogP contribution in [-0.4, -0.2) is 23.1 Å². The van der Waals surface area contributed by atoms with E-state index in [-0.39, 0.29) is 10.9 Å². The number of piperidine rings is 1. The van der Waals surface area contributed by atoms with Gasteiger partial charge in [0.05, 0.1) is 17.0 Å². The van der Waals surface area contributed by atoms with Crippen LogP contribution in [0.25, 0.3) is 0 Å². The zero-order valence-corrected chi connectivity index (χ0v) is 15.5. The Hall–Kier alpha value is -1.50. The van der Waals surface area contributed by atoms with Gasteiger partial charge in [-0.05, 0) is 43.5 Å². The third-order valence-corrected chi connectivity index (χ3v) is 6.11. The number of halogens is 3. The third-order valence-electron chi connectivity index (χ3n) is 4.75. The Balaban J connectivity index is 1.73. The van der Waals surface area contributed by atoms with Crippen molar-refractivity contribution in [3.63, 3.8) is 0 Å². The van der Waals surface area contributed by atoms with Gasteiger partial charge < -0.3 is 10.4 Å². The van der Waals surface area contributed by atoms with Gasteiger partial charge in [-0.25, -0.2) is 0 Å². The minimum absolute atomic E-state index is 0.0271. The number of aliphatic hydroxyl groups excluding tert-OH is 1. The average Bonchev–Trinajstić information content (AvgIpc) is 2.57. The van der Waals surface area contributed by atoms with Crippen LogP contribution in [0.3, 0.4) is 0 Å². The minimum Gasteiger partial charge on any atom is -0.392 e. The highest BCUT2D eigenvalue weighted by Crippen LogP contribution is 2.39. The van der Waals surface area contributed by atoms with Crippen LogP contribution in [0.5, 0.6) is 0 Å². The summed E-state index contributed by atoms with van der Waals surface area (Å²) < 4.78 is 39.8. The molecule has 0 amide bonds. The molecule has 0 aromatic heterocycles. The summed E-state index contributed by atoms with van der Waals surface area (Å²) >= 11 is 1.62. The largest absolute Gasteiger partial charge is 0.416 e. The Kier molecular flexibility index (Phi) is 5.65. The molecule has 0 radical (unpaired) electrons. The number of rotatable bonds is 3. The molecule has 3 atom stereocenters. The molecule has 1 saturated heterocycles. The molecule has 26 heavy (non-hydrogen) atoms. The second-order valence-corrected chi connectivity index (χ2v) is 8.02. The number of hydrogen-bond donors (Lipinski definition) is 2. The highest BCUT2D eigenvalue weighted by atomic mass is 32.2. The Bertz CT molecular complexity index is 778. The first kappa shape index (κ1) is 19.3. The molecule has 6 heteroatoms. The van der Waals surface area contributed by atoms with Crippen molar-refractivity contribution in [1.29, 1.82) is 0 Å². The van der Waals surface area contributed by atoms with Crippen molar-refractivity contribution < 1.29 is 18.3 Å². The van der Waals surface area contributed by atoms with E-state index in [1.165, 1.54) is 17.7 Å². The predicted molar refractivity (Wildman–Crippen MR) is 98.4 cm³/mol. The van der Waals surface area contributed by atoms with Crippen molar-refractivity contribution >= 4 is 11.8 Å². The summed E-state index contributed by atoms with van der Waals surface area (Å²) in [4.78, 5) is 1.12. The fourth-order valence-corrected chi connectivity index (χ4v) is 4.60. The van der Waals surface area contributed by atoms with Gasteiger partial charge in [0.15, 0.2) is 0 Å². The van der Waals surface area contributed by atoms with Gasteiger partial charge in [0.2, 0.25) is 0 Å². The van der Waals surface area contributed by atoms with E-state index in [4.69, 9.17) is 0 Å². The molecule has 2 nitrogen and oxygen atoms in total. The first-order chi connectivity index (χ1) is 12.3. The van der Waals surface area contributed by atoms with Crippen LogP contribution < -0.4 is 5.32 Å². The van der Waals surface area contributed by atoms with Crippen molar-refractivity contribution in [3.05, 3.63) is 64.7 Å². The molecule has 2 aromatic carbocycles. The summed E-state index contributed by atoms with van der Waals surface area (Å²) in [6.45, 7) is 4.39. The predicted octanol–water partition coefficient (Wildman–Crippen LogP) is 4.88. The summed E-state index contributed by atoms with van der Waals surface area (Å²) in [5, 5.41) is 13.8. The van der Waals surface area contributed by atoms with Crippen LogP contribution in [-0.2, 0) is 6.18 Å². The molecule has 0 spiro atoms. The van der Waals surface area contributed by atoms with E-state index in [1.807, 2.05) is 19.9 Å². The summed E-state index contributed by atoms with van der Waals surface area (Å²) in [7, 11) is 0. The lowest BCUT2D eigenvalue weighted by Gasteiger charge is -2.35. The summed E-state index contributed by atoms with van der Waals surface area (Å²) in [5.41, 5.74) is 1.85. The maximum absolute atomic E-state index is 13.3. The molecule has 140 valence electrons. The third kappa shape index (κ3) is 4.24. The van der Waals surface area contributed by atoms with Gasteiger partial charge in [-0.15, -0.1) is 11.8 Å². The van der Waals surface area contributed by atoms with Gasteiger partial charge in [-0.2, -0.15) is 13.2 Å². The average molecular weight is 381 g/mol. The van der Waals surface area contributed by atoms with Crippen LogP contribution in [0.2, 0.25) is 0 Å². The van der Waals surface area contributed by atoms with Gasteiger partial charge in [0.25, 0.3) is 0 Å². The monoisotopic (exact) mass is 381 g/mol. The van der Waals surface area contributed by atoms with E-state index >= 15 is 0 Å². The Labute approximate surface area is 155 Å². The fourth-order valence-electron chi connectivity index (χ4n) is 3.43. The van der Waals surface area contributed by atoms with E-state index in [2.05, 4.69) is 17.4 Å². The smallest absolute Gasteiger partial charge is 0.392 e. The van der Waals surface area contributed by atoms with Gasteiger partial charge in [0, 0.05) is 17.4 Å². The Morgan fingerprint density at radius 3 is 2.50 bits per heavy atom. The zero-order valence-electron chi connectivity index (χ0n) is 14.7. The van der Waals surface area contributed by atoms with Crippen molar-refractivity contribution in [2.24, 2.45) is 0 Å². The Morgan fingerprint density at radius 1 is 1.12 bits per heavy atom. The van der Waals surface area contributed by atoms with Gasteiger partial charge in [-0.1, -0.05) is 35.9 Å². The van der Waals surface area contributed by atoms with Gasteiger partial charge >= 0.3 is 6.18 Å². The fraction of sp³-hybridized carbons (Fsp3) is 0.400. The van der Waals surface area contributed by atoms with Crippen molar-refractivity contribution in [2.45, 2.75) is 48.7 Å². The summed E-state index contributed by atoms with van der Waals surface area (Å²) in [6.07, 6.45) is -4.83. The van der Waals surface area contributed by atoms with Crippen molar-refractivity contribution in [2.75, 3.05) is 6.54 Å². The van der Waals surface area contributed by atoms with E-state index in [9.17, 15) is 18.3 Å². The van der Waals surface area contributed by atoms with Crippen molar-refractivity contribution in [3.8, 4) is 0 Å².